The van der Waals surface area contributed by atoms with Crippen LogP contribution in [0.25, 0.3) is 0 Å². The zero-order valence-electron chi connectivity index (χ0n) is 11.0. The first-order valence-electron chi connectivity index (χ1n) is 7.39. The molecule has 3 rings (SSSR count). The lowest BCUT2D eigenvalue weighted by molar-refractivity contribution is 0.154. The third kappa shape index (κ3) is 2.41. The van der Waals surface area contributed by atoms with Gasteiger partial charge in [0.15, 0.2) is 0 Å². The van der Waals surface area contributed by atoms with E-state index in [1.807, 2.05) is 0 Å². The molecule has 0 bridgehead atoms. The number of hydrogen-bond donors (Lipinski definition) is 0. The van der Waals surface area contributed by atoms with Gasteiger partial charge in [0, 0.05) is 0 Å². The first kappa shape index (κ1) is 11.3. The largest absolute Gasteiger partial charge is 0.0590 e. The topological polar surface area (TPSA) is 0 Å². The second kappa shape index (κ2) is 4.84. The van der Waals surface area contributed by atoms with Crippen molar-refractivity contribution in [2.75, 3.05) is 0 Å². The van der Waals surface area contributed by atoms with Crippen LogP contribution in [-0.2, 0) is 0 Å². The highest BCUT2D eigenvalue weighted by atomic mass is 14.4. The maximum atomic E-state index is 2.35. The molecule has 0 aromatic heterocycles. The van der Waals surface area contributed by atoms with Crippen LogP contribution in [0.15, 0.2) is 24.3 Å². The summed E-state index contributed by atoms with van der Waals surface area (Å²) in [6, 6.07) is 9.24. The molecule has 1 aromatic carbocycles. The Kier molecular flexibility index (Phi) is 3.22. The zero-order chi connectivity index (χ0) is 11.7. The van der Waals surface area contributed by atoms with Crippen molar-refractivity contribution in [3.63, 3.8) is 0 Å². The molecule has 0 heteroatoms. The average molecular weight is 228 g/mol. The van der Waals surface area contributed by atoms with Crippen LogP contribution >= 0.6 is 0 Å². The maximum Gasteiger partial charge on any atom is -0.0162 e. The van der Waals surface area contributed by atoms with Crippen LogP contribution in [0.3, 0.4) is 0 Å². The van der Waals surface area contributed by atoms with E-state index in [4.69, 9.17) is 0 Å². The van der Waals surface area contributed by atoms with E-state index in [0.29, 0.717) is 0 Å². The lowest BCUT2D eigenvalue weighted by atomic mass is 9.67. The summed E-state index contributed by atoms with van der Waals surface area (Å²) in [5.74, 6) is 3.03. The normalized spacial score (nSPS) is 29.9. The van der Waals surface area contributed by atoms with Gasteiger partial charge in [-0.1, -0.05) is 49.1 Å². The fraction of sp³-hybridized carbons (Fsp3) is 0.647. The van der Waals surface area contributed by atoms with Gasteiger partial charge in [-0.3, -0.25) is 0 Å². The molecule has 0 aliphatic heterocycles. The molecule has 0 saturated heterocycles. The number of aryl methyl sites for hydroxylation is 1. The van der Waals surface area contributed by atoms with Crippen molar-refractivity contribution < 1.29 is 0 Å². The predicted molar refractivity (Wildman–Crippen MR) is 73.2 cm³/mol. The Morgan fingerprint density at radius 2 is 1.35 bits per heavy atom. The van der Waals surface area contributed by atoms with E-state index in [-0.39, 0.29) is 0 Å². The van der Waals surface area contributed by atoms with Gasteiger partial charge in [0.1, 0.15) is 0 Å². The van der Waals surface area contributed by atoms with Gasteiger partial charge in [-0.05, 0) is 55.9 Å². The van der Waals surface area contributed by atoms with Gasteiger partial charge in [0.2, 0.25) is 0 Å². The van der Waals surface area contributed by atoms with Gasteiger partial charge in [0.05, 0.1) is 0 Å². The van der Waals surface area contributed by atoms with E-state index in [1.165, 1.54) is 50.5 Å². The Bertz CT molecular complexity index is 350. The van der Waals surface area contributed by atoms with Crippen molar-refractivity contribution in [1.82, 2.24) is 0 Å². The summed E-state index contributed by atoms with van der Waals surface area (Å²) in [7, 11) is 0. The summed E-state index contributed by atoms with van der Waals surface area (Å²) in [5.41, 5.74) is 2.97. The molecule has 0 spiro atoms. The highest BCUT2D eigenvalue weighted by Crippen LogP contribution is 2.44. The van der Waals surface area contributed by atoms with Crippen LogP contribution in [0, 0.1) is 18.8 Å². The van der Waals surface area contributed by atoms with E-state index in [9.17, 15) is 0 Å². The summed E-state index contributed by atoms with van der Waals surface area (Å²) in [5, 5.41) is 0. The number of hydrogen-bond acceptors (Lipinski definition) is 0. The zero-order valence-corrected chi connectivity index (χ0v) is 11.0. The van der Waals surface area contributed by atoms with Crippen molar-refractivity contribution in [2.45, 2.75) is 57.8 Å². The van der Waals surface area contributed by atoms with Crippen molar-refractivity contribution in [1.29, 1.82) is 0 Å². The average Bonchev–Trinajstić information content (AvgIpc) is 2.29. The minimum Gasteiger partial charge on any atom is -0.0590 e. The van der Waals surface area contributed by atoms with Gasteiger partial charge in [-0.15, -0.1) is 0 Å². The number of benzene rings is 1. The molecule has 0 N–H and O–H groups in total. The Morgan fingerprint density at radius 1 is 0.765 bits per heavy atom. The van der Waals surface area contributed by atoms with Crippen LogP contribution in [0.5, 0.6) is 0 Å². The van der Waals surface area contributed by atoms with Gasteiger partial charge in [-0.25, -0.2) is 0 Å². The Balaban J connectivity index is 1.58. The fourth-order valence-electron chi connectivity index (χ4n) is 3.67. The second-order valence-electron chi connectivity index (χ2n) is 6.21. The van der Waals surface area contributed by atoms with Crippen molar-refractivity contribution in [3.05, 3.63) is 35.4 Å². The van der Waals surface area contributed by atoms with Crippen molar-refractivity contribution >= 4 is 0 Å². The molecule has 0 amide bonds. The summed E-state index contributed by atoms with van der Waals surface area (Å²) >= 11 is 0. The van der Waals surface area contributed by atoms with Crippen LogP contribution in [0.2, 0.25) is 0 Å². The maximum absolute atomic E-state index is 2.35. The molecule has 0 atom stereocenters. The predicted octanol–water partition coefficient (Wildman–Crippen LogP) is 5.07. The SMILES string of the molecule is Cc1ccc(C2CCC(C3CCC3)CC2)cc1. The molecule has 2 aliphatic rings. The molecule has 2 fully saturated rings. The van der Waals surface area contributed by atoms with E-state index < -0.39 is 0 Å². The molecule has 17 heavy (non-hydrogen) atoms. The summed E-state index contributed by atoms with van der Waals surface area (Å²) in [4.78, 5) is 0. The van der Waals surface area contributed by atoms with Gasteiger partial charge in [0.25, 0.3) is 0 Å². The minimum absolute atomic E-state index is 0.854. The molecular formula is C17H24. The monoisotopic (exact) mass is 228 g/mol. The molecule has 0 radical (unpaired) electrons. The Hall–Kier alpha value is -0.780. The van der Waals surface area contributed by atoms with E-state index in [0.717, 1.165) is 17.8 Å². The van der Waals surface area contributed by atoms with E-state index >= 15 is 0 Å². The summed E-state index contributed by atoms with van der Waals surface area (Å²) in [6.45, 7) is 2.18. The smallest absolute Gasteiger partial charge is 0.0162 e. The third-order valence-electron chi connectivity index (χ3n) is 5.14. The molecule has 92 valence electrons. The molecule has 0 unspecified atom stereocenters. The minimum atomic E-state index is 0.854. The van der Waals surface area contributed by atoms with Gasteiger partial charge in [-0.2, -0.15) is 0 Å². The molecule has 0 nitrogen and oxygen atoms in total. The second-order valence-corrected chi connectivity index (χ2v) is 6.21. The van der Waals surface area contributed by atoms with Crippen LogP contribution in [0.1, 0.15) is 62.0 Å². The highest BCUT2D eigenvalue weighted by molar-refractivity contribution is 5.24. The number of rotatable bonds is 2. The van der Waals surface area contributed by atoms with E-state index in [2.05, 4.69) is 31.2 Å². The quantitative estimate of drug-likeness (QED) is 0.663. The third-order valence-corrected chi connectivity index (χ3v) is 5.14. The first-order valence-corrected chi connectivity index (χ1v) is 7.39. The lowest BCUT2D eigenvalue weighted by Crippen LogP contribution is -2.25. The van der Waals surface area contributed by atoms with Crippen molar-refractivity contribution in [2.24, 2.45) is 11.8 Å². The highest BCUT2D eigenvalue weighted by Gasteiger charge is 2.31. The van der Waals surface area contributed by atoms with Crippen LogP contribution in [0.4, 0.5) is 0 Å². The Labute approximate surface area is 105 Å². The van der Waals surface area contributed by atoms with Crippen molar-refractivity contribution in [3.8, 4) is 0 Å². The van der Waals surface area contributed by atoms with Gasteiger partial charge >= 0.3 is 0 Å². The fourth-order valence-corrected chi connectivity index (χ4v) is 3.67. The summed E-state index contributed by atoms with van der Waals surface area (Å²) < 4.78 is 0. The first-order chi connectivity index (χ1) is 8.33. The lowest BCUT2D eigenvalue weighted by Gasteiger charge is -2.38. The molecule has 2 aliphatic carbocycles. The van der Waals surface area contributed by atoms with E-state index in [1.54, 1.807) is 5.56 Å². The van der Waals surface area contributed by atoms with Crippen LogP contribution in [-0.4, -0.2) is 0 Å². The van der Waals surface area contributed by atoms with Gasteiger partial charge < -0.3 is 0 Å². The standard InChI is InChI=1S/C17H24/c1-13-5-7-15(8-6-13)17-11-9-16(10-12-17)14-3-2-4-14/h5-8,14,16-17H,2-4,9-12H2,1H3. The Morgan fingerprint density at radius 3 is 1.88 bits per heavy atom. The molecule has 0 heterocycles. The summed E-state index contributed by atoms with van der Waals surface area (Å²) in [6.07, 6.45) is 10.4. The van der Waals surface area contributed by atoms with Crippen LogP contribution < -0.4 is 0 Å². The molecular weight excluding hydrogens is 204 g/mol. The molecule has 1 aromatic rings. The molecule has 2 saturated carbocycles.